The van der Waals surface area contributed by atoms with Crippen molar-refractivity contribution in [3.8, 4) is 0 Å². The van der Waals surface area contributed by atoms with Crippen LogP contribution in [0.15, 0.2) is 0 Å². The largest absolute Gasteiger partial charge is 0.471 e. The summed E-state index contributed by atoms with van der Waals surface area (Å²) >= 11 is 0. The van der Waals surface area contributed by atoms with Crippen LogP contribution >= 0.6 is 0 Å². The fourth-order valence-electron chi connectivity index (χ4n) is 3.13. The molecule has 25 heavy (non-hydrogen) atoms. The van der Waals surface area contributed by atoms with E-state index in [1.165, 1.54) is 12.0 Å². The highest BCUT2D eigenvalue weighted by atomic mass is 19.4. The topological polar surface area (TPSA) is 70.2 Å². The van der Waals surface area contributed by atoms with E-state index in [1.54, 1.807) is 4.90 Å². The third-order valence-corrected chi connectivity index (χ3v) is 4.47. The zero-order chi connectivity index (χ0) is 18.6. The third kappa shape index (κ3) is 4.83. The van der Waals surface area contributed by atoms with Gasteiger partial charge in [0.05, 0.1) is 12.5 Å². The Morgan fingerprint density at radius 2 is 1.80 bits per heavy atom. The molecular formula is C15H22F3N3O4. The van der Waals surface area contributed by atoms with Crippen LogP contribution in [0.5, 0.6) is 0 Å². The third-order valence-electron chi connectivity index (χ3n) is 4.47. The number of alkyl halides is 3. The maximum Gasteiger partial charge on any atom is 0.471 e. The predicted molar refractivity (Wildman–Crippen MR) is 80.4 cm³/mol. The van der Waals surface area contributed by atoms with Crippen molar-refractivity contribution in [2.45, 2.75) is 19.0 Å². The maximum absolute atomic E-state index is 12.6. The van der Waals surface area contributed by atoms with Crippen LogP contribution in [0.2, 0.25) is 0 Å². The van der Waals surface area contributed by atoms with Crippen molar-refractivity contribution < 1.29 is 32.3 Å². The molecule has 7 nitrogen and oxygen atoms in total. The fraction of sp³-hybridized carbons (Fsp3) is 0.800. The van der Waals surface area contributed by atoms with Crippen LogP contribution in [-0.4, -0.2) is 91.6 Å². The Kier molecular flexibility index (Phi) is 6.26. The molecule has 0 aliphatic carbocycles. The molecule has 0 bridgehead atoms. The Morgan fingerprint density at radius 3 is 2.44 bits per heavy atom. The van der Waals surface area contributed by atoms with Crippen LogP contribution in [0.3, 0.4) is 0 Å². The van der Waals surface area contributed by atoms with Crippen LogP contribution in [0.4, 0.5) is 13.2 Å². The van der Waals surface area contributed by atoms with Crippen molar-refractivity contribution in [1.82, 2.24) is 14.7 Å². The van der Waals surface area contributed by atoms with E-state index in [0.717, 1.165) is 4.90 Å². The van der Waals surface area contributed by atoms with E-state index in [1.807, 2.05) is 0 Å². The molecule has 2 fully saturated rings. The number of methoxy groups -OCH3 is 1. The molecular weight excluding hydrogens is 343 g/mol. The number of amides is 3. The summed E-state index contributed by atoms with van der Waals surface area (Å²) in [6, 6.07) is 0. The van der Waals surface area contributed by atoms with Crippen LogP contribution < -0.4 is 0 Å². The number of carbonyl (C=O) groups is 3. The van der Waals surface area contributed by atoms with E-state index in [2.05, 4.69) is 0 Å². The van der Waals surface area contributed by atoms with Gasteiger partial charge in [-0.05, 0) is 6.42 Å². The van der Waals surface area contributed by atoms with Gasteiger partial charge >= 0.3 is 12.1 Å². The lowest BCUT2D eigenvalue weighted by molar-refractivity contribution is -0.185. The number of rotatable bonds is 4. The SMILES string of the molecule is COCCN1CC(C(=O)N2CCCN(C(=O)C(F)(F)F)CC2)CC1=O. The van der Waals surface area contributed by atoms with Gasteiger partial charge in [0.1, 0.15) is 0 Å². The molecule has 0 aromatic heterocycles. The molecule has 0 radical (unpaired) electrons. The van der Waals surface area contributed by atoms with Crippen LogP contribution in [0.25, 0.3) is 0 Å². The van der Waals surface area contributed by atoms with Crippen molar-refractivity contribution in [2.24, 2.45) is 5.92 Å². The molecule has 2 aliphatic heterocycles. The second-order valence-electron chi connectivity index (χ2n) is 6.20. The quantitative estimate of drug-likeness (QED) is 0.709. The van der Waals surface area contributed by atoms with Crippen LogP contribution in [-0.2, 0) is 19.1 Å². The van der Waals surface area contributed by atoms with Gasteiger partial charge in [0.2, 0.25) is 11.8 Å². The fourth-order valence-corrected chi connectivity index (χ4v) is 3.13. The summed E-state index contributed by atoms with van der Waals surface area (Å²) in [5, 5.41) is 0. The molecule has 142 valence electrons. The average Bonchev–Trinajstić information content (AvgIpc) is 2.77. The van der Waals surface area contributed by atoms with E-state index >= 15 is 0 Å². The molecule has 2 aliphatic rings. The highest BCUT2D eigenvalue weighted by molar-refractivity contribution is 5.89. The number of nitrogens with zero attached hydrogens (tertiary/aromatic N) is 3. The van der Waals surface area contributed by atoms with Gasteiger partial charge < -0.3 is 19.4 Å². The lowest BCUT2D eigenvalue weighted by atomic mass is 10.1. The van der Waals surface area contributed by atoms with Gasteiger partial charge in [-0.3, -0.25) is 14.4 Å². The second-order valence-corrected chi connectivity index (χ2v) is 6.20. The summed E-state index contributed by atoms with van der Waals surface area (Å²) < 4.78 is 42.5. The molecule has 0 saturated carbocycles. The molecule has 2 saturated heterocycles. The minimum absolute atomic E-state index is 0.0360. The first-order valence-corrected chi connectivity index (χ1v) is 8.15. The smallest absolute Gasteiger partial charge is 0.383 e. The lowest BCUT2D eigenvalue weighted by Crippen LogP contribution is -2.44. The molecule has 2 rings (SSSR count). The molecule has 0 spiro atoms. The zero-order valence-corrected chi connectivity index (χ0v) is 14.0. The summed E-state index contributed by atoms with van der Waals surface area (Å²) in [6.07, 6.45) is -4.52. The number of hydrogen-bond acceptors (Lipinski definition) is 4. The number of likely N-dealkylation sites (tertiary alicyclic amines) is 1. The van der Waals surface area contributed by atoms with Crippen molar-refractivity contribution in [1.29, 1.82) is 0 Å². The van der Waals surface area contributed by atoms with E-state index < -0.39 is 18.0 Å². The van der Waals surface area contributed by atoms with E-state index in [9.17, 15) is 27.6 Å². The van der Waals surface area contributed by atoms with Gasteiger partial charge in [-0.2, -0.15) is 13.2 Å². The van der Waals surface area contributed by atoms with Crippen molar-refractivity contribution in [2.75, 3.05) is 53.0 Å². The monoisotopic (exact) mass is 365 g/mol. The van der Waals surface area contributed by atoms with Crippen molar-refractivity contribution >= 4 is 17.7 Å². The normalized spacial score (nSPS) is 22.3. The van der Waals surface area contributed by atoms with Gasteiger partial charge in [-0.15, -0.1) is 0 Å². The Labute approximate surface area is 143 Å². The minimum atomic E-state index is -4.90. The van der Waals surface area contributed by atoms with Crippen molar-refractivity contribution in [3.05, 3.63) is 0 Å². The first-order valence-electron chi connectivity index (χ1n) is 8.15. The summed E-state index contributed by atoms with van der Waals surface area (Å²) in [7, 11) is 1.52. The van der Waals surface area contributed by atoms with Gasteiger partial charge in [0.25, 0.3) is 0 Å². The second kappa shape index (κ2) is 8.03. The van der Waals surface area contributed by atoms with Crippen molar-refractivity contribution in [3.63, 3.8) is 0 Å². The van der Waals surface area contributed by atoms with Gasteiger partial charge in [0.15, 0.2) is 0 Å². The standard InChI is InChI=1S/C15H22F3N3O4/c1-25-8-7-21-10-11(9-12(21)22)13(23)19-3-2-4-20(6-5-19)14(24)15(16,17)18/h11H,2-10H2,1H3. The molecule has 1 atom stereocenters. The minimum Gasteiger partial charge on any atom is -0.383 e. The van der Waals surface area contributed by atoms with Crippen LogP contribution in [0, 0.1) is 5.92 Å². The number of ether oxygens (including phenoxy) is 1. The highest BCUT2D eigenvalue weighted by Gasteiger charge is 2.43. The first-order chi connectivity index (χ1) is 11.7. The predicted octanol–water partition coefficient (Wildman–Crippen LogP) is 0.105. The van der Waals surface area contributed by atoms with E-state index in [-0.39, 0.29) is 50.8 Å². The van der Waals surface area contributed by atoms with Gasteiger partial charge in [0, 0.05) is 52.8 Å². The van der Waals surface area contributed by atoms with Gasteiger partial charge in [-0.25, -0.2) is 0 Å². The Morgan fingerprint density at radius 1 is 1.16 bits per heavy atom. The molecule has 10 heteroatoms. The number of halogens is 3. The van der Waals surface area contributed by atoms with Crippen LogP contribution in [0.1, 0.15) is 12.8 Å². The molecule has 2 heterocycles. The Bertz CT molecular complexity index is 527. The van der Waals surface area contributed by atoms with E-state index in [0.29, 0.717) is 19.7 Å². The van der Waals surface area contributed by atoms with Gasteiger partial charge in [-0.1, -0.05) is 0 Å². The molecule has 3 amide bonds. The molecule has 0 N–H and O–H groups in total. The highest BCUT2D eigenvalue weighted by Crippen LogP contribution is 2.22. The first kappa shape index (κ1) is 19.5. The lowest BCUT2D eigenvalue weighted by Gasteiger charge is -2.25. The number of hydrogen-bond donors (Lipinski definition) is 0. The summed E-state index contributed by atoms with van der Waals surface area (Å²) in [6.45, 7) is 1.22. The molecule has 1 unspecified atom stereocenters. The molecule has 0 aromatic carbocycles. The van der Waals surface area contributed by atoms with E-state index in [4.69, 9.17) is 4.74 Å². The molecule has 0 aromatic rings. The summed E-state index contributed by atoms with van der Waals surface area (Å²) in [5.41, 5.74) is 0. The Hall–Kier alpha value is -1.84. The summed E-state index contributed by atoms with van der Waals surface area (Å²) in [5.74, 6) is -2.73. The Balaban J connectivity index is 1.91. The number of carbonyl (C=O) groups excluding carboxylic acids is 3. The zero-order valence-electron chi connectivity index (χ0n) is 14.0. The maximum atomic E-state index is 12.6. The summed E-state index contributed by atoms with van der Waals surface area (Å²) in [4.78, 5) is 39.6. The average molecular weight is 365 g/mol.